The average Bonchev–Trinajstić information content (AvgIpc) is 3.21. The van der Waals surface area contributed by atoms with Crippen LogP contribution in [0.4, 0.5) is 0 Å². The van der Waals surface area contributed by atoms with E-state index in [0.717, 1.165) is 18.8 Å². The maximum absolute atomic E-state index is 9.76. The third-order valence-electron chi connectivity index (χ3n) is 3.80. The zero-order valence-corrected chi connectivity index (χ0v) is 10.6. The molecule has 0 saturated heterocycles. The van der Waals surface area contributed by atoms with Crippen molar-refractivity contribution in [2.75, 3.05) is 0 Å². The van der Waals surface area contributed by atoms with E-state index in [9.17, 15) is 5.11 Å². The van der Waals surface area contributed by atoms with Crippen molar-refractivity contribution in [2.24, 2.45) is 5.92 Å². The van der Waals surface area contributed by atoms with Crippen molar-refractivity contribution in [3.63, 3.8) is 0 Å². The van der Waals surface area contributed by atoms with Crippen LogP contribution in [0.15, 0.2) is 42.0 Å². The van der Waals surface area contributed by atoms with Crippen molar-refractivity contribution in [1.82, 2.24) is 0 Å². The highest BCUT2D eigenvalue weighted by Crippen LogP contribution is 2.40. The van der Waals surface area contributed by atoms with E-state index in [1.807, 2.05) is 6.07 Å². The summed E-state index contributed by atoms with van der Waals surface area (Å²) in [5.41, 5.74) is 2.76. The van der Waals surface area contributed by atoms with Gasteiger partial charge >= 0.3 is 0 Å². The first-order chi connectivity index (χ1) is 8.81. The van der Waals surface area contributed by atoms with Gasteiger partial charge in [-0.2, -0.15) is 0 Å². The predicted octanol–water partition coefficient (Wildman–Crippen LogP) is 3.06. The molecular weight excluding hydrogens is 224 g/mol. The van der Waals surface area contributed by atoms with Gasteiger partial charge in [-0.1, -0.05) is 42.0 Å². The topological polar surface area (TPSA) is 29.5 Å². The minimum absolute atomic E-state index is 0.0876. The number of hydrogen-bond acceptors (Lipinski definition) is 2. The molecule has 1 N–H and O–H groups in total. The minimum atomic E-state index is -0.591. The number of aliphatic hydroxyl groups is 1. The summed E-state index contributed by atoms with van der Waals surface area (Å²) in [5, 5.41) is 9.76. The summed E-state index contributed by atoms with van der Waals surface area (Å²) in [7, 11) is 0. The molecule has 1 aromatic rings. The molecule has 18 heavy (non-hydrogen) atoms. The lowest BCUT2D eigenvalue weighted by Gasteiger charge is -2.26. The SMILES string of the molecule is OC1CC(C2CC2)=CC(CCc2ccccc2)O1. The van der Waals surface area contributed by atoms with Gasteiger partial charge in [0.1, 0.15) is 0 Å². The van der Waals surface area contributed by atoms with Crippen molar-refractivity contribution in [3.05, 3.63) is 47.5 Å². The summed E-state index contributed by atoms with van der Waals surface area (Å²) in [6.45, 7) is 0. The van der Waals surface area contributed by atoms with Gasteiger partial charge in [0, 0.05) is 6.42 Å². The van der Waals surface area contributed by atoms with Crippen molar-refractivity contribution in [2.45, 2.75) is 44.5 Å². The molecule has 3 rings (SSSR count). The first kappa shape index (κ1) is 11.9. The Labute approximate surface area is 108 Å². The van der Waals surface area contributed by atoms with Gasteiger partial charge in [-0.3, -0.25) is 0 Å². The highest BCUT2D eigenvalue weighted by atomic mass is 16.6. The summed E-state index contributed by atoms with van der Waals surface area (Å²) in [5.74, 6) is 0.739. The van der Waals surface area contributed by atoms with Crippen LogP contribution in [0, 0.1) is 5.92 Å². The smallest absolute Gasteiger partial charge is 0.159 e. The predicted molar refractivity (Wildman–Crippen MR) is 71.1 cm³/mol. The van der Waals surface area contributed by atoms with E-state index in [0.29, 0.717) is 6.42 Å². The molecule has 1 aliphatic heterocycles. The van der Waals surface area contributed by atoms with E-state index in [-0.39, 0.29) is 6.10 Å². The zero-order chi connectivity index (χ0) is 12.4. The molecule has 1 saturated carbocycles. The fourth-order valence-electron chi connectivity index (χ4n) is 2.66. The van der Waals surface area contributed by atoms with E-state index in [2.05, 4.69) is 30.3 Å². The Morgan fingerprint density at radius 3 is 2.67 bits per heavy atom. The average molecular weight is 244 g/mol. The Kier molecular flexibility index (Phi) is 3.48. The molecule has 0 aromatic heterocycles. The van der Waals surface area contributed by atoms with E-state index in [1.165, 1.54) is 24.0 Å². The number of aryl methyl sites for hydroxylation is 1. The first-order valence-electron chi connectivity index (χ1n) is 6.89. The lowest BCUT2D eigenvalue weighted by molar-refractivity contribution is -0.130. The molecule has 2 unspecified atom stereocenters. The van der Waals surface area contributed by atoms with Crippen LogP contribution < -0.4 is 0 Å². The summed E-state index contributed by atoms with van der Waals surface area (Å²) in [6, 6.07) is 10.5. The molecule has 1 aliphatic carbocycles. The standard InChI is InChI=1S/C16H20O2/c17-16-11-14(13-7-8-13)10-15(18-16)9-6-12-4-2-1-3-5-12/h1-5,10,13,15-17H,6-9,11H2. The molecule has 0 amide bonds. The van der Waals surface area contributed by atoms with Crippen molar-refractivity contribution >= 4 is 0 Å². The Morgan fingerprint density at radius 1 is 1.17 bits per heavy atom. The molecule has 2 aliphatic rings. The van der Waals surface area contributed by atoms with Gasteiger partial charge < -0.3 is 9.84 Å². The van der Waals surface area contributed by atoms with E-state index >= 15 is 0 Å². The van der Waals surface area contributed by atoms with Crippen molar-refractivity contribution < 1.29 is 9.84 Å². The number of ether oxygens (including phenoxy) is 1. The summed E-state index contributed by atoms with van der Waals surface area (Å²) >= 11 is 0. The molecule has 1 fully saturated rings. The zero-order valence-electron chi connectivity index (χ0n) is 10.6. The second-order valence-electron chi connectivity index (χ2n) is 5.37. The fraction of sp³-hybridized carbons (Fsp3) is 0.500. The number of benzene rings is 1. The summed E-state index contributed by atoms with van der Waals surface area (Å²) in [4.78, 5) is 0. The molecule has 96 valence electrons. The highest BCUT2D eigenvalue weighted by molar-refractivity contribution is 5.19. The number of aliphatic hydroxyl groups excluding tert-OH is 1. The normalized spacial score (nSPS) is 27.9. The van der Waals surface area contributed by atoms with Gasteiger partial charge in [-0.15, -0.1) is 0 Å². The van der Waals surface area contributed by atoms with Gasteiger partial charge in [-0.05, 0) is 37.2 Å². The fourth-order valence-corrected chi connectivity index (χ4v) is 2.66. The van der Waals surface area contributed by atoms with Crippen molar-refractivity contribution in [1.29, 1.82) is 0 Å². The molecule has 0 spiro atoms. The number of rotatable bonds is 4. The molecule has 2 nitrogen and oxygen atoms in total. The molecule has 0 radical (unpaired) electrons. The molecule has 0 bridgehead atoms. The maximum Gasteiger partial charge on any atom is 0.159 e. The Bertz CT molecular complexity index is 420. The summed E-state index contributed by atoms with van der Waals surface area (Å²) < 4.78 is 5.60. The molecular formula is C16H20O2. The quantitative estimate of drug-likeness (QED) is 0.825. The van der Waals surface area contributed by atoms with Crippen molar-refractivity contribution in [3.8, 4) is 0 Å². The third-order valence-corrected chi connectivity index (χ3v) is 3.80. The lowest BCUT2D eigenvalue weighted by Crippen LogP contribution is -2.27. The highest BCUT2D eigenvalue weighted by Gasteiger charge is 2.31. The van der Waals surface area contributed by atoms with Gasteiger partial charge in [0.15, 0.2) is 6.29 Å². The second kappa shape index (κ2) is 5.25. The van der Waals surface area contributed by atoms with Crippen LogP contribution in [-0.2, 0) is 11.2 Å². The second-order valence-corrected chi connectivity index (χ2v) is 5.37. The molecule has 2 atom stereocenters. The molecule has 1 heterocycles. The van der Waals surface area contributed by atoms with E-state index in [1.54, 1.807) is 0 Å². The van der Waals surface area contributed by atoms with Crippen LogP contribution in [0.5, 0.6) is 0 Å². The Morgan fingerprint density at radius 2 is 1.94 bits per heavy atom. The maximum atomic E-state index is 9.76. The number of hydrogen-bond donors (Lipinski definition) is 1. The first-order valence-corrected chi connectivity index (χ1v) is 6.89. The molecule has 1 aromatic carbocycles. The van der Waals surface area contributed by atoms with Crippen LogP contribution in [0.3, 0.4) is 0 Å². The monoisotopic (exact) mass is 244 g/mol. The van der Waals surface area contributed by atoms with Crippen LogP contribution in [0.25, 0.3) is 0 Å². The lowest BCUT2D eigenvalue weighted by atomic mass is 9.98. The van der Waals surface area contributed by atoms with Crippen LogP contribution >= 0.6 is 0 Å². The third kappa shape index (κ3) is 3.01. The van der Waals surface area contributed by atoms with Gasteiger partial charge in [0.05, 0.1) is 6.10 Å². The van der Waals surface area contributed by atoms with Gasteiger partial charge in [0.25, 0.3) is 0 Å². The van der Waals surface area contributed by atoms with E-state index < -0.39 is 6.29 Å². The van der Waals surface area contributed by atoms with Gasteiger partial charge in [-0.25, -0.2) is 0 Å². The van der Waals surface area contributed by atoms with E-state index in [4.69, 9.17) is 4.74 Å². The minimum Gasteiger partial charge on any atom is -0.368 e. The van der Waals surface area contributed by atoms with Crippen LogP contribution in [0.1, 0.15) is 31.2 Å². The van der Waals surface area contributed by atoms with Crippen LogP contribution in [0.2, 0.25) is 0 Å². The Balaban J connectivity index is 1.60. The van der Waals surface area contributed by atoms with Crippen LogP contribution in [-0.4, -0.2) is 17.5 Å². The summed E-state index contributed by atoms with van der Waals surface area (Å²) in [6.07, 6.45) is 7.02. The largest absolute Gasteiger partial charge is 0.368 e. The van der Waals surface area contributed by atoms with Gasteiger partial charge in [0.2, 0.25) is 0 Å². The Hall–Kier alpha value is -1.12. The molecule has 2 heteroatoms.